The third-order valence-corrected chi connectivity index (χ3v) is 5.71. The maximum atomic E-state index is 12.6. The van der Waals surface area contributed by atoms with Crippen molar-refractivity contribution >= 4 is 23.4 Å². The van der Waals surface area contributed by atoms with Gasteiger partial charge in [0.25, 0.3) is 5.91 Å². The first-order valence-electron chi connectivity index (χ1n) is 10.6. The maximum absolute atomic E-state index is 12.6. The molecule has 0 saturated carbocycles. The molecule has 0 unspecified atom stereocenters. The lowest BCUT2D eigenvalue weighted by Gasteiger charge is -2.32. The Morgan fingerprint density at radius 2 is 1.87 bits per heavy atom. The van der Waals surface area contributed by atoms with E-state index in [1.807, 2.05) is 36.1 Å². The van der Waals surface area contributed by atoms with Gasteiger partial charge in [-0.1, -0.05) is 29.8 Å². The summed E-state index contributed by atoms with van der Waals surface area (Å²) < 4.78 is 11.0. The number of ether oxygens (including phenoxy) is 2. The van der Waals surface area contributed by atoms with E-state index >= 15 is 0 Å². The second-order valence-electron chi connectivity index (χ2n) is 7.69. The Hall–Kier alpha value is -2.73. The number of aryl methyl sites for hydroxylation is 1. The zero-order valence-corrected chi connectivity index (χ0v) is 18.8. The lowest BCUT2D eigenvalue weighted by Crippen LogP contribution is -2.46. The number of rotatable bonds is 8. The fourth-order valence-corrected chi connectivity index (χ4v) is 3.85. The lowest BCUT2D eigenvalue weighted by atomic mass is 10.0. The highest BCUT2D eigenvalue weighted by molar-refractivity contribution is 6.31. The molecule has 2 aromatic rings. The summed E-state index contributed by atoms with van der Waals surface area (Å²) in [6.45, 7) is 3.79. The lowest BCUT2D eigenvalue weighted by molar-refractivity contribution is -0.132. The van der Waals surface area contributed by atoms with Gasteiger partial charge in [0.05, 0.1) is 19.3 Å². The monoisotopic (exact) mass is 444 g/mol. The largest absolute Gasteiger partial charge is 0.496 e. The van der Waals surface area contributed by atoms with E-state index in [1.165, 1.54) is 7.11 Å². The van der Waals surface area contributed by atoms with Gasteiger partial charge >= 0.3 is 0 Å². The van der Waals surface area contributed by atoms with Gasteiger partial charge in [-0.2, -0.15) is 0 Å². The summed E-state index contributed by atoms with van der Waals surface area (Å²) >= 11 is 6.02. The van der Waals surface area contributed by atoms with Crippen LogP contribution in [0.15, 0.2) is 42.5 Å². The van der Waals surface area contributed by atoms with Crippen LogP contribution in [0.5, 0.6) is 11.5 Å². The summed E-state index contributed by atoms with van der Waals surface area (Å²) in [6, 6.07) is 12.9. The van der Waals surface area contributed by atoms with Crippen molar-refractivity contribution in [2.75, 3.05) is 26.8 Å². The van der Waals surface area contributed by atoms with E-state index in [2.05, 4.69) is 5.32 Å². The number of hydrogen-bond acceptors (Lipinski definition) is 4. The van der Waals surface area contributed by atoms with Gasteiger partial charge in [0.1, 0.15) is 11.5 Å². The van der Waals surface area contributed by atoms with Crippen molar-refractivity contribution in [3.8, 4) is 11.5 Å². The molecule has 1 saturated heterocycles. The number of piperidine rings is 1. The first-order chi connectivity index (χ1) is 15.0. The average Bonchev–Trinajstić information content (AvgIpc) is 2.78. The zero-order valence-electron chi connectivity index (χ0n) is 18.0. The molecule has 166 valence electrons. The summed E-state index contributed by atoms with van der Waals surface area (Å²) in [5, 5.41) is 3.52. The van der Waals surface area contributed by atoms with Gasteiger partial charge in [0.15, 0.2) is 0 Å². The van der Waals surface area contributed by atoms with E-state index in [1.54, 1.807) is 18.2 Å². The topological polar surface area (TPSA) is 67.9 Å². The molecule has 31 heavy (non-hydrogen) atoms. The summed E-state index contributed by atoms with van der Waals surface area (Å²) in [4.78, 5) is 27.0. The quantitative estimate of drug-likeness (QED) is 0.618. The van der Waals surface area contributed by atoms with Crippen molar-refractivity contribution in [3.05, 3.63) is 58.6 Å². The van der Waals surface area contributed by atoms with Crippen LogP contribution in [-0.4, -0.2) is 49.6 Å². The molecule has 0 spiro atoms. The van der Waals surface area contributed by atoms with Crippen LogP contribution < -0.4 is 14.8 Å². The van der Waals surface area contributed by atoms with E-state index in [-0.39, 0.29) is 17.9 Å². The van der Waals surface area contributed by atoms with Crippen molar-refractivity contribution in [1.82, 2.24) is 10.2 Å². The second-order valence-corrected chi connectivity index (χ2v) is 8.13. The number of amides is 2. The molecule has 0 bridgehead atoms. The standard InChI is InChI=1S/C24H29ClN2O4/c1-17-6-3-4-7-21(17)31-15-5-8-23(28)27-13-11-19(12-14-27)26-24(29)20-16-18(25)9-10-22(20)30-2/h3-4,6-7,9-10,16,19H,5,8,11-15H2,1-2H3,(H,26,29). The van der Waals surface area contributed by atoms with Crippen molar-refractivity contribution in [2.24, 2.45) is 0 Å². The van der Waals surface area contributed by atoms with E-state index in [0.29, 0.717) is 48.9 Å². The second kappa shape index (κ2) is 11.0. The Labute approximate surface area is 188 Å². The molecule has 3 rings (SSSR count). The molecule has 2 aromatic carbocycles. The summed E-state index contributed by atoms with van der Waals surface area (Å²) in [5.41, 5.74) is 1.51. The third-order valence-electron chi connectivity index (χ3n) is 5.48. The first-order valence-corrected chi connectivity index (χ1v) is 11.0. The molecule has 0 aliphatic carbocycles. The van der Waals surface area contributed by atoms with Crippen LogP contribution >= 0.6 is 11.6 Å². The molecule has 1 aliphatic rings. The highest BCUT2D eigenvalue weighted by Crippen LogP contribution is 2.23. The molecule has 1 fully saturated rings. The number of benzene rings is 2. The minimum absolute atomic E-state index is 0.0182. The Morgan fingerprint density at radius 3 is 2.58 bits per heavy atom. The van der Waals surface area contributed by atoms with Crippen LogP contribution in [-0.2, 0) is 4.79 Å². The predicted molar refractivity (Wildman–Crippen MR) is 121 cm³/mol. The van der Waals surface area contributed by atoms with E-state index in [0.717, 1.165) is 24.2 Å². The Kier molecular flexibility index (Phi) is 8.18. The van der Waals surface area contributed by atoms with Crippen LogP contribution in [0.3, 0.4) is 0 Å². The minimum atomic E-state index is -0.211. The number of hydrogen-bond donors (Lipinski definition) is 1. The molecule has 0 atom stereocenters. The highest BCUT2D eigenvalue weighted by Gasteiger charge is 2.25. The smallest absolute Gasteiger partial charge is 0.255 e. The molecular weight excluding hydrogens is 416 g/mol. The molecule has 1 aliphatic heterocycles. The van der Waals surface area contributed by atoms with E-state index in [4.69, 9.17) is 21.1 Å². The van der Waals surface area contributed by atoms with Gasteiger partial charge in [-0.15, -0.1) is 0 Å². The molecular formula is C24H29ClN2O4. The fourth-order valence-electron chi connectivity index (χ4n) is 3.68. The summed E-state index contributed by atoms with van der Waals surface area (Å²) in [7, 11) is 1.52. The molecule has 2 amide bonds. The molecule has 0 radical (unpaired) electrons. The number of halogens is 1. The molecule has 0 aromatic heterocycles. The first kappa shape index (κ1) is 22.9. The number of likely N-dealkylation sites (tertiary alicyclic amines) is 1. The minimum Gasteiger partial charge on any atom is -0.496 e. The van der Waals surface area contributed by atoms with Gasteiger partial charge in [-0.25, -0.2) is 0 Å². The fraction of sp³-hybridized carbons (Fsp3) is 0.417. The zero-order chi connectivity index (χ0) is 22.2. The Morgan fingerprint density at radius 1 is 1.13 bits per heavy atom. The molecule has 1 N–H and O–H groups in total. The summed E-state index contributed by atoms with van der Waals surface area (Å²) in [5.74, 6) is 1.28. The van der Waals surface area contributed by atoms with Crippen LogP contribution in [0.25, 0.3) is 0 Å². The average molecular weight is 445 g/mol. The number of nitrogens with zero attached hydrogens (tertiary/aromatic N) is 1. The number of carbonyl (C=O) groups excluding carboxylic acids is 2. The third kappa shape index (κ3) is 6.37. The van der Waals surface area contributed by atoms with Crippen LogP contribution in [0, 0.1) is 6.92 Å². The predicted octanol–water partition coefficient (Wildman–Crippen LogP) is 4.24. The molecule has 6 nitrogen and oxygen atoms in total. The van der Waals surface area contributed by atoms with Crippen LogP contribution in [0.1, 0.15) is 41.6 Å². The molecule has 7 heteroatoms. The molecule has 1 heterocycles. The van der Waals surface area contributed by atoms with Crippen molar-refractivity contribution in [1.29, 1.82) is 0 Å². The van der Waals surface area contributed by atoms with Gasteiger partial charge in [-0.3, -0.25) is 9.59 Å². The highest BCUT2D eigenvalue weighted by atomic mass is 35.5. The number of methoxy groups -OCH3 is 1. The number of nitrogens with one attached hydrogen (secondary N) is 1. The normalized spacial score (nSPS) is 14.2. The van der Waals surface area contributed by atoms with Gasteiger partial charge in [-0.05, 0) is 56.0 Å². The van der Waals surface area contributed by atoms with Gasteiger partial charge < -0.3 is 19.7 Å². The van der Waals surface area contributed by atoms with Crippen molar-refractivity contribution < 1.29 is 19.1 Å². The van der Waals surface area contributed by atoms with Crippen LogP contribution in [0.2, 0.25) is 5.02 Å². The SMILES string of the molecule is COc1ccc(Cl)cc1C(=O)NC1CCN(C(=O)CCCOc2ccccc2C)CC1. The van der Waals surface area contributed by atoms with E-state index < -0.39 is 0 Å². The maximum Gasteiger partial charge on any atom is 0.255 e. The Balaban J connectivity index is 1.40. The number of para-hydroxylation sites is 1. The van der Waals surface area contributed by atoms with Gasteiger partial charge in [0, 0.05) is 30.6 Å². The van der Waals surface area contributed by atoms with Gasteiger partial charge in [0.2, 0.25) is 5.91 Å². The van der Waals surface area contributed by atoms with Crippen molar-refractivity contribution in [3.63, 3.8) is 0 Å². The Bertz CT molecular complexity index is 910. The van der Waals surface area contributed by atoms with Crippen LogP contribution in [0.4, 0.5) is 0 Å². The summed E-state index contributed by atoms with van der Waals surface area (Å²) in [6.07, 6.45) is 2.58. The van der Waals surface area contributed by atoms with E-state index in [9.17, 15) is 9.59 Å². The number of carbonyl (C=O) groups is 2. The van der Waals surface area contributed by atoms with Crippen molar-refractivity contribution in [2.45, 2.75) is 38.6 Å².